The van der Waals surface area contributed by atoms with Gasteiger partial charge in [-0.1, -0.05) is 38.1 Å². The Hall–Kier alpha value is -3.18. The highest BCUT2D eigenvalue weighted by Gasteiger charge is 2.76. The number of benzene rings is 3. The van der Waals surface area contributed by atoms with Gasteiger partial charge in [0, 0.05) is 38.8 Å². The molecule has 2 unspecified atom stereocenters. The number of hydrogen-bond donors (Lipinski definition) is 0. The van der Waals surface area contributed by atoms with Crippen LogP contribution in [0, 0.1) is 24.7 Å². The summed E-state index contributed by atoms with van der Waals surface area (Å²) < 4.78 is 14.4. The number of carbonyl (C=O) groups excluding carboxylic acids is 2. The van der Waals surface area contributed by atoms with E-state index in [0.717, 1.165) is 11.1 Å². The van der Waals surface area contributed by atoms with Crippen LogP contribution >= 0.6 is 10.5 Å². The van der Waals surface area contributed by atoms with Crippen LogP contribution in [0.5, 0.6) is 5.75 Å². The van der Waals surface area contributed by atoms with Crippen LogP contribution in [0.25, 0.3) is 25.1 Å². The van der Waals surface area contributed by atoms with Gasteiger partial charge in [-0.3, -0.25) is 4.79 Å². The summed E-state index contributed by atoms with van der Waals surface area (Å²) in [5.74, 6) is -0.200. The van der Waals surface area contributed by atoms with E-state index >= 15 is 0 Å². The summed E-state index contributed by atoms with van der Waals surface area (Å²) in [6, 6.07) is 21.5. The highest BCUT2D eigenvalue weighted by atomic mass is 32.2. The van der Waals surface area contributed by atoms with Gasteiger partial charge in [-0.25, -0.2) is 4.79 Å². The summed E-state index contributed by atoms with van der Waals surface area (Å²) in [5.41, 5.74) is -0.718. The molecule has 2 aliphatic rings. The van der Waals surface area contributed by atoms with E-state index in [1.807, 2.05) is 34.6 Å². The minimum atomic E-state index is -1.23. The van der Waals surface area contributed by atoms with Crippen LogP contribution < -0.4 is 4.74 Å². The second kappa shape index (κ2) is 7.17. The lowest BCUT2D eigenvalue weighted by Gasteiger charge is -2.34. The molecule has 3 aromatic carbocycles. The average Bonchev–Trinajstić information content (AvgIpc) is 3.32. The molecule has 1 aliphatic carbocycles. The smallest absolute Gasteiger partial charge is 0.356 e. The molecule has 0 radical (unpaired) electrons. The Morgan fingerprint density at radius 1 is 0.886 bits per heavy atom. The molecule has 4 aromatic rings. The molecule has 2 bridgehead atoms. The SMILES string of the molecule is Cc1cc(-[s+]2c3ccccc3c3ccccc32)cc(C)c1OC(=O)C12CCC(C)(C(=O)O1)C2(C)C. The van der Waals surface area contributed by atoms with E-state index in [1.54, 1.807) is 0 Å². The maximum atomic E-state index is 13.6. The summed E-state index contributed by atoms with van der Waals surface area (Å²) in [6.07, 6.45) is 1.13. The zero-order chi connectivity index (χ0) is 24.8. The van der Waals surface area contributed by atoms with E-state index in [9.17, 15) is 9.59 Å². The Morgan fingerprint density at radius 2 is 1.43 bits per heavy atom. The molecule has 1 aliphatic heterocycles. The largest absolute Gasteiger partial charge is 0.446 e. The average molecular weight is 486 g/mol. The van der Waals surface area contributed by atoms with E-state index in [4.69, 9.17) is 9.47 Å². The maximum Gasteiger partial charge on any atom is 0.356 e. The summed E-state index contributed by atoms with van der Waals surface area (Å²) in [7, 11) is -0.220. The second-order valence-corrected chi connectivity index (χ2v) is 12.7. The number of esters is 2. The molecule has 35 heavy (non-hydrogen) atoms. The van der Waals surface area contributed by atoms with Crippen molar-refractivity contribution in [3.8, 4) is 10.6 Å². The van der Waals surface area contributed by atoms with Gasteiger partial charge in [-0.05, 0) is 69.0 Å². The van der Waals surface area contributed by atoms with Crippen molar-refractivity contribution in [2.24, 2.45) is 10.8 Å². The fourth-order valence-electron chi connectivity index (χ4n) is 6.17. The third-order valence-corrected chi connectivity index (χ3v) is 11.1. The predicted molar refractivity (Wildman–Crippen MR) is 140 cm³/mol. The van der Waals surface area contributed by atoms with Crippen LogP contribution in [0.2, 0.25) is 0 Å². The van der Waals surface area contributed by atoms with Crippen molar-refractivity contribution in [1.29, 1.82) is 0 Å². The monoisotopic (exact) mass is 485 g/mol. The molecule has 2 atom stereocenters. The lowest BCUT2D eigenvalue weighted by molar-refractivity contribution is -0.176. The number of aryl methyl sites for hydroxylation is 2. The number of ether oxygens (including phenoxy) is 2. The Bertz CT molecular complexity index is 1490. The van der Waals surface area contributed by atoms with Crippen molar-refractivity contribution in [1.82, 2.24) is 0 Å². The van der Waals surface area contributed by atoms with Gasteiger partial charge in [0.1, 0.15) is 5.75 Å². The molecular weight excluding hydrogens is 456 g/mol. The van der Waals surface area contributed by atoms with Gasteiger partial charge in [0.05, 0.1) is 5.41 Å². The van der Waals surface area contributed by atoms with E-state index in [0.29, 0.717) is 18.6 Å². The number of rotatable bonds is 3. The lowest BCUT2D eigenvalue weighted by Crippen LogP contribution is -2.50. The summed E-state index contributed by atoms with van der Waals surface area (Å²) >= 11 is 0. The Kier molecular flexibility index (Phi) is 4.57. The van der Waals surface area contributed by atoms with E-state index in [-0.39, 0.29) is 16.4 Å². The molecule has 0 amide bonds. The summed E-state index contributed by atoms with van der Waals surface area (Å²) in [6.45, 7) is 9.77. The first kappa shape index (κ1) is 22.3. The first-order valence-electron chi connectivity index (χ1n) is 12.1. The Labute approximate surface area is 207 Å². The van der Waals surface area contributed by atoms with Gasteiger partial charge in [-0.2, -0.15) is 0 Å². The van der Waals surface area contributed by atoms with Crippen molar-refractivity contribution < 1.29 is 19.1 Å². The van der Waals surface area contributed by atoms with E-state index < -0.39 is 22.4 Å². The van der Waals surface area contributed by atoms with Crippen LogP contribution in [0.15, 0.2) is 60.7 Å². The number of thiophene rings is 1. The minimum absolute atomic E-state index is 0.220. The quantitative estimate of drug-likeness (QED) is 0.173. The van der Waals surface area contributed by atoms with Crippen LogP contribution in [-0.4, -0.2) is 17.5 Å². The molecule has 1 saturated carbocycles. The summed E-state index contributed by atoms with van der Waals surface area (Å²) in [5, 5.41) is 2.57. The van der Waals surface area contributed by atoms with Gasteiger partial charge >= 0.3 is 11.9 Å². The van der Waals surface area contributed by atoms with Gasteiger partial charge in [0.2, 0.25) is 5.60 Å². The third-order valence-electron chi connectivity index (χ3n) is 8.78. The second-order valence-electron chi connectivity index (χ2n) is 10.7. The van der Waals surface area contributed by atoms with Crippen molar-refractivity contribution >= 4 is 42.6 Å². The van der Waals surface area contributed by atoms with Crippen LogP contribution in [0.1, 0.15) is 44.7 Å². The molecule has 0 N–H and O–H groups in total. The predicted octanol–water partition coefficient (Wildman–Crippen LogP) is 7.38. The Morgan fingerprint density at radius 3 is 1.91 bits per heavy atom. The molecule has 2 heterocycles. The van der Waals surface area contributed by atoms with Crippen LogP contribution in [-0.2, 0) is 14.3 Å². The fourth-order valence-corrected chi connectivity index (χ4v) is 8.73. The topological polar surface area (TPSA) is 52.6 Å². The number of hydrogen-bond acceptors (Lipinski definition) is 4. The third kappa shape index (κ3) is 2.73. The normalized spacial score (nSPS) is 24.8. The van der Waals surface area contributed by atoms with Crippen molar-refractivity contribution in [3.63, 3.8) is 0 Å². The van der Waals surface area contributed by atoms with E-state index in [2.05, 4.69) is 60.7 Å². The maximum absolute atomic E-state index is 13.6. The first-order valence-corrected chi connectivity index (χ1v) is 13.3. The van der Waals surface area contributed by atoms with Crippen molar-refractivity contribution in [2.45, 2.75) is 53.1 Å². The van der Waals surface area contributed by atoms with Gasteiger partial charge < -0.3 is 9.47 Å². The molecule has 1 saturated heterocycles. The van der Waals surface area contributed by atoms with Gasteiger partial charge in [-0.15, -0.1) is 0 Å². The van der Waals surface area contributed by atoms with Crippen LogP contribution in [0.4, 0.5) is 0 Å². The van der Waals surface area contributed by atoms with Gasteiger partial charge in [0.25, 0.3) is 0 Å². The zero-order valence-electron chi connectivity index (χ0n) is 20.7. The fraction of sp³-hybridized carbons (Fsp3) is 0.333. The van der Waals surface area contributed by atoms with Crippen molar-refractivity contribution in [2.75, 3.05) is 0 Å². The highest BCUT2D eigenvalue weighted by molar-refractivity contribution is 7.50. The number of carbonyl (C=O) groups is 2. The first-order chi connectivity index (χ1) is 16.6. The molecule has 1 aromatic heterocycles. The molecule has 2 fully saturated rings. The minimum Gasteiger partial charge on any atom is -0.446 e. The number of fused-ring (bicyclic) bond motifs is 5. The molecular formula is C30H29O4S+. The summed E-state index contributed by atoms with van der Waals surface area (Å²) in [4.78, 5) is 27.4. The zero-order valence-corrected chi connectivity index (χ0v) is 21.5. The molecule has 0 spiro atoms. The van der Waals surface area contributed by atoms with Crippen LogP contribution in [0.3, 0.4) is 0 Å². The molecule has 4 nitrogen and oxygen atoms in total. The standard InChI is InChI=1S/C30H29O4S/c1-18-16-20(35-23-12-8-6-10-21(23)22-11-7-9-13-24(22)35)17-19(2)25(18)33-27(32)30-15-14-29(5,26(31)34-30)28(30,3)4/h6-13,16-17H,14-15H2,1-5H3/q+1. The van der Waals surface area contributed by atoms with Crippen molar-refractivity contribution in [3.05, 3.63) is 71.8 Å². The molecule has 6 rings (SSSR count). The Balaban J connectivity index is 1.42. The molecule has 5 heteroatoms. The molecule has 178 valence electrons. The van der Waals surface area contributed by atoms with E-state index in [1.165, 1.54) is 25.1 Å². The highest BCUT2D eigenvalue weighted by Crippen LogP contribution is 2.66. The lowest BCUT2D eigenvalue weighted by atomic mass is 9.66. The van der Waals surface area contributed by atoms with Gasteiger partial charge in [0.15, 0.2) is 14.3 Å².